The number of nitrogens with zero attached hydrogens (tertiary/aromatic N) is 1. The Labute approximate surface area is 111 Å². The molecule has 0 spiro atoms. The number of hydrogen-bond acceptors (Lipinski definition) is 3. The predicted octanol–water partition coefficient (Wildman–Crippen LogP) is 2.83. The van der Waals surface area contributed by atoms with E-state index in [0.717, 1.165) is 9.35 Å². The van der Waals surface area contributed by atoms with Gasteiger partial charge in [-0.05, 0) is 34.5 Å². The van der Waals surface area contributed by atoms with E-state index in [1.807, 2.05) is 6.92 Å². The number of sulfonamides is 1. The summed E-state index contributed by atoms with van der Waals surface area (Å²) in [5.74, 6) is 0. The third-order valence-electron chi connectivity index (χ3n) is 1.90. The van der Waals surface area contributed by atoms with Crippen LogP contribution < -0.4 is 0 Å². The van der Waals surface area contributed by atoms with E-state index in [2.05, 4.69) is 31.9 Å². The van der Waals surface area contributed by atoms with Crippen LogP contribution in [0, 0.1) is 6.92 Å². The first-order chi connectivity index (χ1) is 6.89. The molecule has 1 aromatic rings. The van der Waals surface area contributed by atoms with Gasteiger partial charge in [0.05, 0.1) is 3.79 Å². The van der Waals surface area contributed by atoms with Gasteiger partial charge in [0.15, 0.2) is 0 Å². The van der Waals surface area contributed by atoms with E-state index in [1.54, 1.807) is 13.1 Å². The summed E-state index contributed by atoms with van der Waals surface area (Å²) in [7, 11) is -1.73. The fourth-order valence-electron chi connectivity index (χ4n) is 0.952. The van der Waals surface area contributed by atoms with E-state index in [-0.39, 0.29) is 0 Å². The van der Waals surface area contributed by atoms with Crippen LogP contribution in [0.15, 0.2) is 14.1 Å². The van der Waals surface area contributed by atoms with Gasteiger partial charge in [-0.1, -0.05) is 15.9 Å². The highest BCUT2D eigenvalue weighted by atomic mass is 79.9. The Hall–Kier alpha value is 0.570. The van der Waals surface area contributed by atoms with Crippen molar-refractivity contribution in [1.82, 2.24) is 4.31 Å². The van der Waals surface area contributed by atoms with Gasteiger partial charge in [0, 0.05) is 18.9 Å². The van der Waals surface area contributed by atoms with Gasteiger partial charge >= 0.3 is 0 Å². The molecular weight excluding hydrogens is 366 g/mol. The third kappa shape index (κ3) is 3.03. The van der Waals surface area contributed by atoms with E-state index >= 15 is 0 Å². The monoisotopic (exact) mass is 375 g/mol. The summed E-state index contributed by atoms with van der Waals surface area (Å²) < 4.78 is 26.6. The lowest BCUT2D eigenvalue weighted by atomic mass is 10.4. The van der Waals surface area contributed by atoms with Crippen molar-refractivity contribution in [3.05, 3.63) is 15.4 Å². The fraction of sp³-hybridized carbons (Fsp3) is 0.500. The van der Waals surface area contributed by atoms with E-state index in [9.17, 15) is 8.42 Å². The van der Waals surface area contributed by atoms with Gasteiger partial charge in [-0.15, -0.1) is 11.3 Å². The summed E-state index contributed by atoms with van der Waals surface area (Å²) in [6, 6.07) is 1.69. The normalized spacial score (nSPS) is 12.3. The second kappa shape index (κ2) is 5.27. The lowest BCUT2D eigenvalue weighted by Crippen LogP contribution is -2.27. The zero-order valence-electron chi connectivity index (χ0n) is 8.33. The van der Waals surface area contributed by atoms with Crippen molar-refractivity contribution in [2.75, 3.05) is 18.9 Å². The van der Waals surface area contributed by atoms with Crippen LogP contribution in [0.5, 0.6) is 0 Å². The predicted molar refractivity (Wildman–Crippen MR) is 70.4 cm³/mol. The summed E-state index contributed by atoms with van der Waals surface area (Å²) in [4.78, 5) is 0. The van der Waals surface area contributed by atoms with Gasteiger partial charge in [0.1, 0.15) is 4.21 Å². The van der Waals surface area contributed by atoms with Gasteiger partial charge < -0.3 is 0 Å². The molecule has 0 bridgehead atoms. The number of alkyl halides is 1. The number of thiophene rings is 1. The molecule has 0 aromatic carbocycles. The summed E-state index contributed by atoms with van der Waals surface area (Å²) in [6.45, 7) is 2.35. The van der Waals surface area contributed by atoms with Crippen molar-refractivity contribution in [2.24, 2.45) is 0 Å². The summed E-state index contributed by atoms with van der Waals surface area (Å²) in [6.07, 6.45) is 0. The molecule has 0 saturated carbocycles. The average molecular weight is 377 g/mol. The maximum Gasteiger partial charge on any atom is 0.252 e. The SMILES string of the molecule is Cc1cc(S(=O)(=O)N(C)CCBr)sc1Br. The van der Waals surface area contributed by atoms with Crippen molar-refractivity contribution in [3.8, 4) is 0 Å². The Morgan fingerprint density at radius 1 is 1.53 bits per heavy atom. The smallest absolute Gasteiger partial charge is 0.206 e. The minimum absolute atomic E-state index is 0.385. The summed E-state index contributed by atoms with van der Waals surface area (Å²) in [5.41, 5.74) is 0.950. The fourth-order valence-corrected chi connectivity index (χ4v) is 5.33. The van der Waals surface area contributed by atoms with E-state index in [0.29, 0.717) is 16.1 Å². The Balaban J connectivity index is 3.06. The van der Waals surface area contributed by atoms with Crippen LogP contribution in [-0.2, 0) is 10.0 Å². The van der Waals surface area contributed by atoms with Gasteiger partial charge in [-0.25, -0.2) is 8.42 Å². The van der Waals surface area contributed by atoms with Crippen molar-refractivity contribution in [2.45, 2.75) is 11.1 Å². The Kier molecular flexibility index (Phi) is 4.79. The van der Waals surface area contributed by atoms with E-state index in [4.69, 9.17) is 0 Å². The Morgan fingerprint density at radius 3 is 2.53 bits per heavy atom. The first-order valence-corrected chi connectivity index (χ1v) is 8.35. The van der Waals surface area contributed by atoms with Crippen molar-refractivity contribution >= 4 is 53.2 Å². The van der Waals surface area contributed by atoms with Gasteiger partial charge in [-0.3, -0.25) is 0 Å². The van der Waals surface area contributed by atoms with E-state index < -0.39 is 10.0 Å². The molecule has 0 aliphatic rings. The maximum atomic E-state index is 12.0. The molecule has 0 amide bonds. The molecule has 86 valence electrons. The molecule has 0 atom stereocenters. The molecule has 0 unspecified atom stereocenters. The molecule has 1 aromatic heterocycles. The molecule has 7 heteroatoms. The molecule has 3 nitrogen and oxygen atoms in total. The number of halogens is 2. The largest absolute Gasteiger partial charge is 0.252 e. The summed E-state index contributed by atoms with van der Waals surface area (Å²) in [5, 5.41) is 0.633. The second-order valence-electron chi connectivity index (χ2n) is 3.04. The summed E-state index contributed by atoms with van der Waals surface area (Å²) >= 11 is 7.79. The molecule has 1 rings (SSSR count). The molecular formula is C8H11Br2NO2S2. The van der Waals surface area contributed by atoms with Crippen LogP contribution in [0.4, 0.5) is 0 Å². The first kappa shape index (κ1) is 13.6. The standard InChI is InChI=1S/C8H11Br2NO2S2/c1-6-5-7(14-8(6)10)15(12,13)11(2)4-3-9/h5H,3-4H2,1-2H3. The highest BCUT2D eigenvalue weighted by molar-refractivity contribution is 9.11. The van der Waals surface area contributed by atoms with Crippen LogP contribution in [0.25, 0.3) is 0 Å². The molecule has 0 aliphatic carbocycles. The van der Waals surface area contributed by atoms with Crippen LogP contribution in [0.3, 0.4) is 0 Å². The van der Waals surface area contributed by atoms with Crippen LogP contribution in [-0.4, -0.2) is 31.6 Å². The molecule has 0 N–H and O–H groups in total. The average Bonchev–Trinajstić information content (AvgIpc) is 2.48. The number of aryl methyl sites for hydroxylation is 1. The molecule has 1 heterocycles. The van der Waals surface area contributed by atoms with Gasteiger partial charge in [0.2, 0.25) is 0 Å². The van der Waals surface area contributed by atoms with Crippen molar-refractivity contribution in [1.29, 1.82) is 0 Å². The van der Waals surface area contributed by atoms with Crippen LogP contribution in [0.1, 0.15) is 5.56 Å². The maximum absolute atomic E-state index is 12.0. The van der Waals surface area contributed by atoms with Crippen LogP contribution in [0.2, 0.25) is 0 Å². The Bertz CT molecular complexity index is 422. The van der Waals surface area contributed by atoms with Gasteiger partial charge in [0.25, 0.3) is 10.0 Å². The lowest BCUT2D eigenvalue weighted by molar-refractivity contribution is 0.491. The lowest BCUT2D eigenvalue weighted by Gasteiger charge is -2.13. The highest BCUT2D eigenvalue weighted by Gasteiger charge is 2.22. The molecule has 0 radical (unpaired) electrons. The Morgan fingerprint density at radius 2 is 2.13 bits per heavy atom. The highest BCUT2D eigenvalue weighted by Crippen LogP contribution is 2.31. The topological polar surface area (TPSA) is 37.4 Å². The van der Waals surface area contributed by atoms with E-state index in [1.165, 1.54) is 15.6 Å². The minimum atomic E-state index is -3.31. The molecule has 15 heavy (non-hydrogen) atoms. The minimum Gasteiger partial charge on any atom is -0.206 e. The zero-order chi connectivity index (χ0) is 11.6. The number of hydrogen-bond donors (Lipinski definition) is 0. The molecule has 0 saturated heterocycles. The second-order valence-corrected chi connectivity index (χ2v) is 8.47. The van der Waals surface area contributed by atoms with Crippen LogP contribution >= 0.6 is 43.2 Å². The quantitative estimate of drug-likeness (QED) is 0.757. The van der Waals surface area contributed by atoms with Crippen molar-refractivity contribution in [3.63, 3.8) is 0 Å². The first-order valence-electron chi connectivity index (χ1n) is 4.18. The van der Waals surface area contributed by atoms with Gasteiger partial charge in [-0.2, -0.15) is 4.31 Å². The third-order valence-corrected chi connectivity index (χ3v) is 6.70. The molecule has 0 fully saturated rings. The van der Waals surface area contributed by atoms with Crippen molar-refractivity contribution < 1.29 is 8.42 Å². The zero-order valence-corrected chi connectivity index (χ0v) is 13.1. The molecule has 0 aliphatic heterocycles. The number of rotatable bonds is 4.